The van der Waals surface area contributed by atoms with Crippen LogP contribution in [0.25, 0.3) is 0 Å². The van der Waals surface area contributed by atoms with Gasteiger partial charge in [0.1, 0.15) is 11.7 Å². The molecular formula is C16H23N3O3. The second-order valence-electron chi connectivity index (χ2n) is 6.29. The van der Waals surface area contributed by atoms with Gasteiger partial charge in [0.25, 0.3) is 5.91 Å². The third-order valence-corrected chi connectivity index (χ3v) is 3.62. The third-order valence-electron chi connectivity index (χ3n) is 3.62. The molecule has 1 rings (SSSR count). The Hall–Kier alpha value is -2.24. The first kappa shape index (κ1) is 17.8. The van der Waals surface area contributed by atoms with E-state index in [1.54, 1.807) is 6.08 Å². The van der Waals surface area contributed by atoms with Gasteiger partial charge in [0.15, 0.2) is 0 Å². The highest BCUT2D eigenvalue weighted by Crippen LogP contribution is 2.24. The van der Waals surface area contributed by atoms with Crippen molar-refractivity contribution in [3.05, 3.63) is 23.4 Å². The van der Waals surface area contributed by atoms with Gasteiger partial charge in [-0.25, -0.2) is 0 Å². The van der Waals surface area contributed by atoms with Crippen molar-refractivity contribution in [2.75, 3.05) is 0 Å². The van der Waals surface area contributed by atoms with E-state index in [-0.39, 0.29) is 29.9 Å². The Labute approximate surface area is 130 Å². The smallest absolute Gasteiger partial charge is 0.270 e. The van der Waals surface area contributed by atoms with Crippen molar-refractivity contribution in [3.8, 4) is 0 Å². The molecule has 0 aromatic carbocycles. The molecule has 1 fully saturated rings. The lowest BCUT2D eigenvalue weighted by Gasteiger charge is -2.21. The van der Waals surface area contributed by atoms with Gasteiger partial charge in [-0.3, -0.25) is 24.7 Å². The number of nitrogens with zero attached hydrogens (tertiary/aromatic N) is 1. The molecule has 1 aliphatic rings. The van der Waals surface area contributed by atoms with Crippen LogP contribution in [0.5, 0.6) is 0 Å². The fourth-order valence-corrected chi connectivity index (χ4v) is 1.72. The van der Waals surface area contributed by atoms with Gasteiger partial charge >= 0.3 is 0 Å². The van der Waals surface area contributed by atoms with Crippen LogP contribution in [0.2, 0.25) is 0 Å². The van der Waals surface area contributed by atoms with E-state index in [0.29, 0.717) is 0 Å². The summed E-state index contributed by atoms with van der Waals surface area (Å²) in [4.78, 5) is 38.5. The first-order valence-electron chi connectivity index (χ1n) is 7.15. The summed E-state index contributed by atoms with van der Waals surface area (Å²) in [7, 11) is 0. The van der Waals surface area contributed by atoms with Crippen LogP contribution in [0.15, 0.2) is 28.4 Å². The van der Waals surface area contributed by atoms with Gasteiger partial charge in [-0.1, -0.05) is 32.4 Å². The average Bonchev–Trinajstić information content (AvgIpc) is 2.41. The van der Waals surface area contributed by atoms with E-state index in [0.717, 1.165) is 5.57 Å². The molecule has 6 heteroatoms. The van der Waals surface area contributed by atoms with Gasteiger partial charge in [-0.2, -0.15) is 0 Å². The van der Waals surface area contributed by atoms with Crippen molar-refractivity contribution in [1.29, 1.82) is 0 Å². The van der Waals surface area contributed by atoms with Crippen LogP contribution in [0.1, 0.15) is 40.5 Å². The van der Waals surface area contributed by atoms with Crippen molar-refractivity contribution >= 4 is 24.4 Å². The summed E-state index contributed by atoms with van der Waals surface area (Å²) in [5, 5.41) is 4.76. The standard InChI is InChI=1S/C16H23N3O3/c1-10(16(2,3)4)6-7-11(17-5)14(21)18-12-8-9-13(20)19-15(12)22/h6-7,12H,5,8-9H2,1-4H3,(H,18,21)(H,19,20,22)/b10-6+,11-7-. The van der Waals surface area contributed by atoms with E-state index < -0.39 is 17.9 Å². The van der Waals surface area contributed by atoms with Crippen molar-refractivity contribution in [3.63, 3.8) is 0 Å². The molecule has 3 amide bonds. The summed E-state index contributed by atoms with van der Waals surface area (Å²) >= 11 is 0. The molecule has 0 bridgehead atoms. The Morgan fingerprint density at radius 1 is 1.36 bits per heavy atom. The van der Waals surface area contributed by atoms with Crippen molar-refractivity contribution in [2.45, 2.75) is 46.6 Å². The van der Waals surface area contributed by atoms with Crippen molar-refractivity contribution < 1.29 is 14.4 Å². The first-order chi connectivity index (χ1) is 10.1. The number of piperidine rings is 1. The van der Waals surface area contributed by atoms with Crippen LogP contribution in [0.4, 0.5) is 0 Å². The third kappa shape index (κ3) is 4.95. The number of hydrogen-bond acceptors (Lipinski definition) is 4. The fourth-order valence-electron chi connectivity index (χ4n) is 1.72. The predicted octanol–water partition coefficient (Wildman–Crippen LogP) is 1.48. The summed E-state index contributed by atoms with van der Waals surface area (Å²) in [6.07, 6.45) is 3.89. The van der Waals surface area contributed by atoms with Gasteiger partial charge in [-0.05, 0) is 31.6 Å². The first-order valence-corrected chi connectivity index (χ1v) is 7.15. The molecule has 0 saturated carbocycles. The van der Waals surface area contributed by atoms with E-state index in [2.05, 4.69) is 43.1 Å². The molecule has 1 atom stereocenters. The molecule has 0 spiro atoms. The zero-order valence-corrected chi connectivity index (χ0v) is 13.5. The topological polar surface area (TPSA) is 87.6 Å². The van der Waals surface area contributed by atoms with E-state index in [4.69, 9.17) is 0 Å². The van der Waals surface area contributed by atoms with E-state index in [9.17, 15) is 14.4 Å². The molecule has 120 valence electrons. The lowest BCUT2D eigenvalue weighted by molar-refractivity contribution is -0.136. The molecule has 2 N–H and O–H groups in total. The van der Waals surface area contributed by atoms with Gasteiger partial charge < -0.3 is 5.32 Å². The molecule has 1 unspecified atom stereocenters. The predicted molar refractivity (Wildman–Crippen MR) is 85.2 cm³/mol. The van der Waals surface area contributed by atoms with Gasteiger partial charge in [0.2, 0.25) is 11.8 Å². The van der Waals surface area contributed by atoms with Crippen LogP contribution in [0.3, 0.4) is 0 Å². The Kier molecular flexibility index (Phi) is 5.79. The maximum absolute atomic E-state index is 12.1. The van der Waals surface area contributed by atoms with Crippen LogP contribution in [-0.4, -0.2) is 30.5 Å². The summed E-state index contributed by atoms with van der Waals surface area (Å²) in [6, 6.07) is -0.719. The highest BCUT2D eigenvalue weighted by molar-refractivity contribution is 6.03. The normalized spacial score (nSPS) is 20.5. The molecule has 1 saturated heterocycles. The van der Waals surface area contributed by atoms with Gasteiger partial charge in [0.05, 0.1) is 0 Å². The number of nitrogens with one attached hydrogen (secondary N) is 2. The summed E-state index contributed by atoms with van der Waals surface area (Å²) in [5.41, 5.74) is 1.21. The molecule has 0 radical (unpaired) electrons. The van der Waals surface area contributed by atoms with E-state index in [1.807, 2.05) is 13.0 Å². The maximum atomic E-state index is 12.1. The molecule has 6 nitrogen and oxygen atoms in total. The van der Waals surface area contributed by atoms with Crippen molar-refractivity contribution in [2.24, 2.45) is 10.4 Å². The lowest BCUT2D eigenvalue weighted by atomic mass is 9.87. The van der Waals surface area contributed by atoms with Crippen LogP contribution in [-0.2, 0) is 14.4 Å². The minimum absolute atomic E-state index is 0.0110. The van der Waals surface area contributed by atoms with Gasteiger partial charge in [0, 0.05) is 6.42 Å². The number of allylic oxidation sites excluding steroid dienone is 3. The maximum Gasteiger partial charge on any atom is 0.270 e. The highest BCUT2D eigenvalue weighted by Gasteiger charge is 2.28. The SMILES string of the molecule is C=N/C(=C\C=C(/C)C(C)(C)C)C(=O)NC1CCC(=O)NC1=O. The lowest BCUT2D eigenvalue weighted by Crippen LogP contribution is -2.52. The average molecular weight is 305 g/mol. The zero-order chi connectivity index (χ0) is 16.9. The Bertz CT molecular complexity index is 553. The number of carbonyl (C=O) groups excluding carboxylic acids is 3. The summed E-state index contributed by atoms with van der Waals surface area (Å²) in [5.74, 6) is -1.30. The van der Waals surface area contributed by atoms with E-state index in [1.165, 1.54) is 0 Å². The molecule has 1 aliphatic heterocycles. The van der Waals surface area contributed by atoms with Crippen LogP contribution >= 0.6 is 0 Å². The molecule has 1 heterocycles. The van der Waals surface area contributed by atoms with Gasteiger partial charge in [-0.15, -0.1) is 0 Å². The largest absolute Gasteiger partial charge is 0.339 e. The Balaban J connectivity index is 2.79. The number of carbonyl (C=O) groups is 3. The summed E-state index contributed by atoms with van der Waals surface area (Å²) < 4.78 is 0. The quantitative estimate of drug-likeness (QED) is 0.357. The second kappa shape index (κ2) is 7.15. The number of rotatable bonds is 4. The minimum Gasteiger partial charge on any atom is -0.339 e. The number of imide groups is 1. The van der Waals surface area contributed by atoms with Crippen LogP contribution in [0, 0.1) is 5.41 Å². The Morgan fingerprint density at radius 3 is 2.50 bits per heavy atom. The van der Waals surface area contributed by atoms with Crippen molar-refractivity contribution in [1.82, 2.24) is 10.6 Å². The minimum atomic E-state index is -0.719. The monoisotopic (exact) mass is 305 g/mol. The number of hydrogen-bond donors (Lipinski definition) is 2. The second-order valence-corrected chi connectivity index (χ2v) is 6.29. The molecule has 0 aromatic heterocycles. The fraction of sp³-hybridized carbons (Fsp3) is 0.500. The molecule has 22 heavy (non-hydrogen) atoms. The summed E-state index contributed by atoms with van der Waals surface area (Å²) in [6.45, 7) is 11.6. The molecule has 0 aromatic rings. The number of aliphatic imine (C=N–C) groups is 1. The number of amides is 3. The Morgan fingerprint density at radius 2 is 2.00 bits per heavy atom. The zero-order valence-electron chi connectivity index (χ0n) is 13.5. The molecule has 0 aliphatic carbocycles. The highest BCUT2D eigenvalue weighted by atomic mass is 16.2. The molecular weight excluding hydrogens is 282 g/mol. The van der Waals surface area contributed by atoms with E-state index >= 15 is 0 Å². The van der Waals surface area contributed by atoms with Crippen LogP contribution < -0.4 is 10.6 Å².